The minimum Gasteiger partial charge on any atom is -0.259 e. The molecule has 3 nitrogen and oxygen atoms in total. The summed E-state index contributed by atoms with van der Waals surface area (Å²) in [7, 11) is 0. The molecule has 19 heavy (non-hydrogen) atoms. The lowest BCUT2D eigenvalue weighted by molar-refractivity contribution is -0.425. The minimum absolute atomic E-state index is 0.161. The highest BCUT2D eigenvalue weighted by molar-refractivity contribution is 6.30. The summed E-state index contributed by atoms with van der Waals surface area (Å²) in [5.41, 5.74) is 1.85. The van der Waals surface area contributed by atoms with Gasteiger partial charge < -0.3 is 0 Å². The number of halogens is 1. The van der Waals surface area contributed by atoms with Crippen LogP contribution in [0.3, 0.4) is 0 Å². The number of hydrogen-bond donors (Lipinski definition) is 0. The number of rotatable bonds is 4. The Morgan fingerprint density at radius 1 is 1.11 bits per heavy atom. The Morgan fingerprint density at radius 2 is 1.74 bits per heavy atom. The number of benzene rings is 2. The van der Waals surface area contributed by atoms with Gasteiger partial charge in [-0.2, -0.15) is 0 Å². The number of nitrogens with zero attached hydrogens (tertiary/aromatic N) is 1. The van der Waals surface area contributed by atoms with Crippen molar-refractivity contribution in [1.29, 1.82) is 0 Å². The quantitative estimate of drug-likeness (QED) is 0.619. The van der Waals surface area contributed by atoms with Crippen molar-refractivity contribution in [3.63, 3.8) is 0 Å². The van der Waals surface area contributed by atoms with Gasteiger partial charge >= 0.3 is 0 Å². The van der Waals surface area contributed by atoms with E-state index in [1.54, 1.807) is 30.3 Å². The molecular weight excluding hydrogens is 262 g/mol. The summed E-state index contributed by atoms with van der Waals surface area (Å²) in [6, 6.07) is 16.3. The van der Waals surface area contributed by atoms with Gasteiger partial charge in [-0.1, -0.05) is 54.1 Å². The second-order valence-corrected chi connectivity index (χ2v) is 4.54. The van der Waals surface area contributed by atoms with Crippen LogP contribution in [0.15, 0.2) is 60.3 Å². The molecule has 0 aliphatic heterocycles. The SMILES string of the molecule is O=[N+]([O-])/C(=C/c1ccc(Cl)cc1)Cc1ccccc1. The Kier molecular flexibility index (Phi) is 4.31. The van der Waals surface area contributed by atoms with Gasteiger partial charge in [0.1, 0.15) is 0 Å². The van der Waals surface area contributed by atoms with Crippen molar-refractivity contribution in [2.24, 2.45) is 0 Å². The predicted molar refractivity (Wildman–Crippen MR) is 76.6 cm³/mol. The van der Waals surface area contributed by atoms with E-state index in [0.29, 0.717) is 11.4 Å². The predicted octanol–water partition coefficient (Wildman–Crippen LogP) is 4.20. The normalized spacial score (nSPS) is 11.3. The van der Waals surface area contributed by atoms with E-state index in [1.807, 2.05) is 30.3 Å². The molecule has 0 aliphatic carbocycles. The first-order valence-corrected chi connectivity index (χ1v) is 6.17. The zero-order valence-corrected chi connectivity index (χ0v) is 10.9. The Morgan fingerprint density at radius 3 is 2.32 bits per heavy atom. The monoisotopic (exact) mass is 273 g/mol. The van der Waals surface area contributed by atoms with Crippen LogP contribution in [0.4, 0.5) is 0 Å². The third-order valence-corrected chi connectivity index (χ3v) is 2.92. The van der Waals surface area contributed by atoms with E-state index in [2.05, 4.69) is 0 Å². The Labute approximate surface area is 116 Å². The van der Waals surface area contributed by atoms with Gasteiger partial charge in [-0.3, -0.25) is 10.1 Å². The maximum atomic E-state index is 11.1. The molecule has 0 heterocycles. The third-order valence-electron chi connectivity index (χ3n) is 2.67. The van der Waals surface area contributed by atoms with Crippen molar-refractivity contribution < 1.29 is 4.92 Å². The summed E-state index contributed by atoms with van der Waals surface area (Å²) in [5.74, 6) is 0. The van der Waals surface area contributed by atoms with E-state index < -0.39 is 0 Å². The van der Waals surface area contributed by atoms with Crippen LogP contribution in [0.25, 0.3) is 6.08 Å². The highest BCUT2D eigenvalue weighted by atomic mass is 35.5. The highest BCUT2D eigenvalue weighted by Gasteiger charge is 2.11. The number of hydrogen-bond acceptors (Lipinski definition) is 2. The Bertz CT molecular complexity index is 591. The molecule has 0 saturated carbocycles. The van der Waals surface area contributed by atoms with Gasteiger partial charge in [0.15, 0.2) is 0 Å². The zero-order valence-electron chi connectivity index (χ0n) is 10.1. The Hall–Kier alpha value is -2.13. The van der Waals surface area contributed by atoms with E-state index in [9.17, 15) is 10.1 Å². The molecule has 0 aromatic heterocycles. The first-order chi connectivity index (χ1) is 9.15. The number of allylic oxidation sites excluding steroid dienone is 1. The summed E-state index contributed by atoms with van der Waals surface area (Å²) in [5, 5.41) is 11.7. The molecule has 2 rings (SSSR count). The lowest BCUT2D eigenvalue weighted by Crippen LogP contribution is -2.02. The van der Waals surface area contributed by atoms with Crippen LogP contribution >= 0.6 is 11.6 Å². The summed E-state index contributed by atoms with van der Waals surface area (Å²) < 4.78 is 0. The molecular formula is C15H12ClNO2. The average molecular weight is 274 g/mol. The van der Waals surface area contributed by atoms with Crippen LogP contribution in [0.5, 0.6) is 0 Å². The van der Waals surface area contributed by atoms with Crippen LogP contribution in [-0.2, 0) is 6.42 Å². The van der Waals surface area contributed by atoms with Crippen molar-refractivity contribution in [3.8, 4) is 0 Å². The largest absolute Gasteiger partial charge is 0.259 e. The van der Waals surface area contributed by atoms with Crippen LogP contribution in [-0.4, -0.2) is 4.92 Å². The number of nitro groups is 1. The molecule has 0 bridgehead atoms. The van der Waals surface area contributed by atoms with Gasteiger partial charge in [0.05, 0.1) is 11.3 Å². The van der Waals surface area contributed by atoms with Crippen molar-refractivity contribution in [2.45, 2.75) is 6.42 Å². The van der Waals surface area contributed by atoms with E-state index >= 15 is 0 Å². The lowest BCUT2D eigenvalue weighted by atomic mass is 10.1. The van der Waals surface area contributed by atoms with Crippen molar-refractivity contribution in [2.75, 3.05) is 0 Å². The van der Waals surface area contributed by atoms with Gasteiger partial charge in [0.25, 0.3) is 5.70 Å². The molecule has 2 aromatic rings. The average Bonchev–Trinajstić information content (AvgIpc) is 2.41. The molecule has 96 valence electrons. The van der Waals surface area contributed by atoms with Crippen molar-refractivity contribution >= 4 is 17.7 Å². The van der Waals surface area contributed by atoms with E-state index in [4.69, 9.17) is 11.6 Å². The fraction of sp³-hybridized carbons (Fsp3) is 0.0667. The van der Waals surface area contributed by atoms with Gasteiger partial charge in [-0.25, -0.2) is 0 Å². The topological polar surface area (TPSA) is 43.1 Å². The van der Waals surface area contributed by atoms with Gasteiger partial charge in [0.2, 0.25) is 0 Å². The fourth-order valence-corrected chi connectivity index (χ4v) is 1.85. The first kappa shape index (κ1) is 13.3. The maximum Gasteiger partial charge on any atom is 0.251 e. The summed E-state index contributed by atoms with van der Waals surface area (Å²) in [6.07, 6.45) is 1.87. The molecule has 4 heteroatoms. The van der Waals surface area contributed by atoms with Gasteiger partial charge in [-0.05, 0) is 23.3 Å². The minimum atomic E-state index is -0.346. The molecule has 0 radical (unpaired) electrons. The first-order valence-electron chi connectivity index (χ1n) is 5.79. The van der Waals surface area contributed by atoms with E-state index in [-0.39, 0.29) is 10.6 Å². The molecule has 0 N–H and O–H groups in total. The Balaban J connectivity index is 2.25. The smallest absolute Gasteiger partial charge is 0.251 e. The molecule has 0 aliphatic rings. The van der Waals surface area contributed by atoms with Crippen LogP contribution in [0, 0.1) is 10.1 Å². The summed E-state index contributed by atoms with van der Waals surface area (Å²) in [6.45, 7) is 0. The molecule has 0 atom stereocenters. The zero-order chi connectivity index (χ0) is 13.7. The van der Waals surface area contributed by atoms with Crippen LogP contribution < -0.4 is 0 Å². The van der Waals surface area contributed by atoms with Crippen LogP contribution in [0.1, 0.15) is 11.1 Å². The van der Waals surface area contributed by atoms with Gasteiger partial charge in [-0.15, -0.1) is 0 Å². The standard InChI is InChI=1S/C15H12ClNO2/c16-14-8-6-13(7-9-14)11-15(17(18)19)10-12-4-2-1-3-5-12/h1-9,11H,10H2/b15-11+. The van der Waals surface area contributed by atoms with E-state index in [0.717, 1.165) is 11.1 Å². The highest BCUT2D eigenvalue weighted by Crippen LogP contribution is 2.15. The van der Waals surface area contributed by atoms with E-state index in [1.165, 1.54) is 0 Å². The molecule has 2 aromatic carbocycles. The summed E-state index contributed by atoms with van der Waals surface area (Å²) >= 11 is 5.79. The molecule has 0 amide bonds. The fourth-order valence-electron chi connectivity index (χ4n) is 1.72. The van der Waals surface area contributed by atoms with Crippen molar-refractivity contribution in [1.82, 2.24) is 0 Å². The summed E-state index contributed by atoms with van der Waals surface area (Å²) in [4.78, 5) is 10.7. The van der Waals surface area contributed by atoms with Crippen LogP contribution in [0.2, 0.25) is 5.02 Å². The molecule has 0 unspecified atom stereocenters. The molecule has 0 fully saturated rings. The second kappa shape index (κ2) is 6.16. The maximum absolute atomic E-state index is 11.1. The molecule has 0 spiro atoms. The van der Waals surface area contributed by atoms with Crippen molar-refractivity contribution in [3.05, 3.63) is 86.6 Å². The lowest BCUT2D eigenvalue weighted by Gasteiger charge is -2.00. The third kappa shape index (κ3) is 3.93. The second-order valence-electron chi connectivity index (χ2n) is 4.11. The molecule has 0 saturated heterocycles. The van der Waals surface area contributed by atoms with Gasteiger partial charge in [0, 0.05) is 11.1 Å².